The number of rotatable bonds is 3. The SMILES string of the molecule is NNC(C1=CCCCCCC1)c1csc(Br)c1. The second kappa shape index (κ2) is 6.69. The van der Waals surface area contributed by atoms with Crippen LogP contribution in [0.4, 0.5) is 0 Å². The molecule has 1 unspecified atom stereocenters. The number of hydrogen-bond acceptors (Lipinski definition) is 3. The van der Waals surface area contributed by atoms with E-state index in [1.807, 2.05) is 0 Å². The van der Waals surface area contributed by atoms with Gasteiger partial charge >= 0.3 is 0 Å². The Hall–Kier alpha value is -0.160. The third kappa shape index (κ3) is 3.65. The second-order valence-electron chi connectivity index (χ2n) is 4.52. The molecule has 1 aromatic heterocycles. The van der Waals surface area contributed by atoms with E-state index in [4.69, 9.17) is 5.84 Å². The molecule has 0 amide bonds. The molecule has 94 valence electrons. The first kappa shape index (κ1) is 13.3. The Morgan fingerprint density at radius 3 is 2.82 bits per heavy atom. The molecule has 1 aromatic rings. The minimum atomic E-state index is 0.190. The molecule has 1 atom stereocenters. The molecule has 1 aliphatic rings. The van der Waals surface area contributed by atoms with E-state index in [2.05, 4.69) is 38.9 Å². The predicted molar refractivity (Wildman–Crippen MR) is 77.9 cm³/mol. The zero-order chi connectivity index (χ0) is 12.1. The fraction of sp³-hybridized carbons (Fsp3) is 0.538. The molecule has 1 aliphatic carbocycles. The van der Waals surface area contributed by atoms with Crippen LogP contribution in [0.25, 0.3) is 0 Å². The van der Waals surface area contributed by atoms with Gasteiger partial charge in [-0.2, -0.15) is 0 Å². The lowest BCUT2D eigenvalue weighted by Crippen LogP contribution is -2.29. The molecule has 0 bridgehead atoms. The third-order valence-electron chi connectivity index (χ3n) is 3.28. The van der Waals surface area contributed by atoms with Crippen molar-refractivity contribution < 1.29 is 0 Å². The minimum absolute atomic E-state index is 0.190. The lowest BCUT2D eigenvalue weighted by atomic mass is 9.92. The molecule has 1 heterocycles. The number of nitrogens with two attached hydrogens (primary N) is 1. The van der Waals surface area contributed by atoms with Gasteiger partial charge in [0.05, 0.1) is 9.83 Å². The fourth-order valence-electron chi connectivity index (χ4n) is 2.37. The summed E-state index contributed by atoms with van der Waals surface area (Å²) in [5.41, 5.74) is 5.70. The van der Waals surface area contributed by atoms with Crippen molar-refractivity contribution >= 4 is 27.3 Å². The van der Waals surface area contributed by atoms with E-state index in [1.54, 1.807) is 11.3 Å². The summed E-state index contributed by atoms with van der Waals surface area (Å²) < 4.78 is 1.17. The van der Waals surface area contributed by atoms with Crippen molar-refractivity contribution in [3.8, 4) is 0 Å². The molecule has 0 aromatic carbocycles. The number of nitrogens with one attached hydrogen (secondary N) is 1. The molecule has 0 fully saturated rings. The maximum absolute atomic E-state index is 5.73. The number of allylic oxidation sites excluding steroid dienone is 1. The van der Waals surface area contributed by atoms with Crippen LogP contribution in [0.15, 0.2) is 26.9 Å². The molecule has 0 spiro atoms. The van der Waals surface area contributed by atoms with Crippen LogP contribution in [0.5, 0.6) is 0 Å². The Kier molecular flexibility index (Phi) is 5.22. The number of hydrazine groups is 1. The molecule has 2 nitrogen and oxygen atoms in total. The van der Waals surface area contributed by atoms with E-state index in [0.717, 1.165) is 0 Å². The van der Waals surface area contributed by atoms with Gasteiger partial charge in [0.15, 0.2) is 0 Å². The van der Waals surface area contributed by atoms with Crippen molar-refractivity contribution in [2.24, 2.45) is 5.84 Å². The summed E-state index contributed by atoms with van der Waals surface area (Å²) in [5.74, 6) is 5.73. The van der Waals surface area contributed by atoms with Gasteiger partial charge in [-0.05, 0) is 58.6 Å². The number of thiophene rings is 1. The van der Waals surface area contributed by atoms with Gasteiger partial charge in [0, 0.05) is 0 Å². The van der Waals surface area contributed by atoms with Crippen molar-refractivity contribution in [3.63, 3.8) is 0 Å². The van der Waals surface area contributed by atoms with Crippen LogP contribution in [0, 0.1) is 0 Å². The molecule has 0 aliphatic heterocycles. The Labute approximate surface area is 115 Å². The van der Waals surface area contributed by atoms with Crippen molar-refractivity contribution in [1.82, 2.24) is 5.43 Å². The van der Waals surface area contributed by atoms with Gasteiger partial charge < -0.3 is 0 Å². The standard InChI is InChI=1S/C13H19BrN2S/c14-12-8-11(9-17-12)13(16-15)10-6-4-2-1-3-5-7-10/h6,8-9,13,16H,1-5,7,15H2. The van der Waals surface area contributed by atoms with Crippen molar-refractivity contribution in [2.45, 2.75) is 44.6 Å². The largest absolute Gasteiger partial charge is 0.271 e. The molecule has 3 N–H and O–H groups in total. The molecule has 0 saturated carbocycles. The smallest absolute Gasteiger partial charge is 0.0701 e. The summed E-state index contributed by atoms with van der Waals surface area (Å²) in [6.45, 7) is 0. The van der Waals surface area contributed by atoms with Gasteiger partial charge in [-0.1, -0.05) is 24.5 Å². The topological polar surface area (TPSA) is 38.0 Å². The van der Waals surface area contributed by atoms with Gasteiger partial charge in [0.2, 0.25) is 0 Å². The summed E-state index contributed by atoms with van der Waals surface area (Å²) >= 11 is 5.23. The lowest BCUT2D eigenvalue weighted by Gasteiger charge is -2.20. The summed E-state index contributed by atoms with van der Waals surface area (Å²) in [5, 5.41) is 2.17. The molecular formula is C13H19BrN2S. The first-order valence-corrected chi connectivity index (χ1v) is 7.87. The van der Waals surface area contributed by atoms with Crippen molar-refractivity contribution in [1.29, 1.82) is 0 Å². The van der Waals surface area contributed by atoms with Crippen LogP contribution < -0.4 is 11.3 Å². The Balaban J connectivity index is 2.16. The van der Waals surface area contributed by atoms with Gasteiger partial charge in [-0.3, -0.25) is 5.84 Å². The van der Waals surface area contributed by atoms with E-state index in [-0.39, 0.29) is 6.04 Å². The van der Waals surface area contributed by atoms with Crippen LogP contribution in [0.3, 0.4) is 0 Å². The second-order valence-corrected chi connectivity index (χ2v) is 6.81. The van der Waals surface area contributed by atoms with E-state index >= 15 is 0 Å². The van der Waals surface area contributed by atoms with Crippen molar-refractivity contribution in [3.05, 3.63) is 32.4 Å². The van der Waals surface area contributed by atoms with Crippen LogP contribution in [0.2, 0.25) is 0 Å². The molecular weight excluding hydrogens is 296 g/mol. The molecule has 2 rings (SSSR count). The Bertz CT molecular complexity index is 387. The zero-order valence-corrected chi connectivity index (χ0v) is 12.3. The maximum Gasteiger partial charge on any atom is 0.0701 e. The van der Waals surface area contributed by atoms with Gasteiger partial charge in [-0.15, -0.1) is 11.3 Å². The average molecular weight is 315 g/mol. The van der Waals surface area contributed by atoms with Crippen LogP contribution in [-0.4, -0.2) is 0 Å². The minimum Gasteiger partial charge on any atom is -0.271 e. The number of hydrogen-bond donors (Lipinski definition) is 2. The van der Waals surface area contributed by atoms with E-state index in [0.29, 0.717) is 0 Å². The van der Waals surface area contributed by atoms with Gasteiger partial charge in [0.1, 0.15) is 0 Å². The first-order chi connectivity index (χ1) is 8.31. The van der Waals surface area contributed by atoms with Crippen LogP contribution in [0.1, 0.15) is 50.1 Å². The first-order valence-electron chi connectivity index (χ1n) is 6.20. The summed E-state index contributed by atoms with van der Waals surface area (Å²) in [4.78, 5) is 0. The summed E-state index contributed by atoms with van der Waals surface area (Å²) in [7, 11) is 0. The molecule has 4 heteroatoms. The average Bonchev–Trinajstić information content (AvgIpc) is 2.68. The quantitative estimate of drug-likeness (QED) is 0.496. The van der Waals surface area contributed by atoms with Crippen LogP contribution >= 0.6 is 27.3 Å². The summed E-state index contributed by atoms with van der Waals surface area (Å²) in [6, 6.07) is 2.35. The number of halogens is 1. The zero-order valence-electron chi connectivity index (χ0n) is 9.92. The molecule has 17 heavy (non-hydrogen) atoms. The highest BCUT2D eigenvalue weighted by molar-refractivity contribution is 9.11. The highest BCUT2D eigenvalue weighted by atomic mass is 79.9. The van der Waals surface area contributed by atoms with Crippen molar-refractivity contribution in [2.75, 3.05) is 0 Å². The molecule has 0 radical (unpaired) electrons. The van der Waals surface area contributed by atoms with Crippen LogP contribution in [-0.2, 0) is 0 Å². The summed E-state index contributed by atoms with van der Waals surface area (Å²) in [6.07, 6.45) is 10.1. The van der Waals surface area contributed by atoms with E-state index in [1.165, 1.54) is 53.4 Å². The predicted octanol–water partition coefficient (Wildman–Crippen LogP) is 4.30. The van der Waals surface area contributed by atoms with E-state index < -0.39 is 0 Å². The fourth-order valence-corrected chi connectivity index (χ4v) is 3.57. The van der Waals surface area contributed by atoms with E-state index in [9.17, 15) is 0 Å². The highest BCUT2D eigenvalue weighted by Gasteiger charge is 2.16. The van der Waals surface area contributed by atoms with Gasteiger partial charge in [0.25, 0.3) is 0 Å². The lowest BCUT2D eigenvalue weighted by molar-refractivity contribution is 0.556. The highest BCUT2D eigenvalue weighted by Crippen LogP contribution is 2.32. The van der Waals surface area contributed by atoms with Gasteiger partial charge in [-0.25, -0.2) is 5.43 Å². The Morgan fingerprint density at radius 1 is 1.29 bits per heavy atom. The molecule has 0 saturated heterocycles. The maximum atomic E-state index is 5.73. The monoisotopic (exact) mass is 314 g/mol. The Morgan fingerprint density at radius 2 is 2.12 bits per heavy atom. The third-order valence-corrected chi connectivity index (χ3v) is 4.81. The normalized spacial score (nSPS) is 19.3.